The minimum Gasteiger partial charge on any atom is -0.469 e. The van der Waals surface area contributed by atoms with Gasteiger partial charge in [0, 0.05) is 30.2 Å². The van der Waals surface area contributed by atoms with Crippen molar-refractivity contribution in [3.63, 3.8) is 0 Å². The van der Waals surface area contributed by atoms with Crippen molar-refractivity contribution in [3.05, 3.63) is 28.7 Å². The first-order valence-corrected chi connectivity index (χ1v) is 12.8. The summed E-state index contributed by atoms with van der Waals surface area (Å²) in [6.45, 7) is 4.87. The standard InChI is InChI=1S/C26H30BrNO8/c1-13(29)35-18-11-15(23(32)34-4)25(2)10-9-14-24(33)36-19(12-26(14,3)21(25)20(18)30)22(31)28-17-8-6-5-7-16(17)27/h5-8,14-15,18-19,21H,9-12H2,1-4H3,(H,28,31)/t14-,15-,18-,19-,21-,25-,26-/m0/s1. The number of esters is 3. The van der Waals surface area contributed by atoms with Crippen LogP contribution in [0.25, 0.3) is 0 Å². The van der Waals surface area contributed by atoms with Gasteiger partial charge in [0.1, 0.15) is 0 Å². The Bertz CT molecular complexity index is 1120. The molecule has 0 unspecified atom stereocenters. The number of para-hydroxylation sites is 1. The molecule has 7 atom stereocenters. The monoisotopic (exact) mass is 563 g/mol. The van der Waals surface area contributed by atoms with E-state index in [2.05, 4.69) is 21.2 Å². The molecule has 2 aliphatic carbocycles. The number of Topliss-reactive ketones (excluding diaryl/α,β-unsaturated/α-hetero) is 1. The van der Waals surface area contributed by atoms with Gasteiger partial charge < -0.3 is 19.5 Å². The molecule has 0 aromatic heterocycles. The summed E-state index contributed by atoms with van der Waals surface area (Å²) in [5.41, 5.74) is -1.32. The summed E-state index contributed by atoms with van der Waals surface area (Å²) >= 11 is 3.39. The number of benzene rings is 1. The highest BCUT2D eigenvalue weighted by Crippen LogP contribution is 2.64. The Kier molecular flexibility index (Phi) is 7.02. The number of anilines is 1. The molecule has 0 radical (unpaired) electrons. The summed E-state index contributed by atoms with van der Waals surface area (Å²) < 4.78 is 16.7. The molecule has 0 spiro atoms. The molecule has 1 aromatic rings. The average molecular weight is 564 g/mol. The third-order valence-electron chi connectivity index (χ3n) is 8.32. The summed E-state index contributed by atoms with van der Waals surface area (Å²) in [5.74, 6) is -4.68. The number of ether oxygens (including phenoxy) is 3. The fourth-order valence-corrected chi connectivity index (χ4v) is 7.13. The normalized spacial score (nSPS) is 35.5. The number of rotatable bonds is 4. The largest absolute Gasteiger partial charge is 0.469 e. The number of cyclic esters (lactones) is 1. The topological polar surface area (TPSA) is 125 Å². The predicted molar refractivity (Wildman–Crippen MR) is 130 cm³/mol. The van der Waals surface area contributed by atoms with E-state index in [0.717, 1.165) is 0 Å². The number of methoxy groups -OCH3 is 1. The van der Waals surface area contributed by atoms with Crippen LogP contribution in [0.4, 0.5) is 5.69 Å². The smallest absolute Gasteiger partial charge is 0.310 e. The molecule has 1 heterocycles. The highest BCUT2D eigenvalue weighted by Gasteiger charge is 2.68. The number of hydrogen-bond acceptors (Lipinski definition) is 8. The maximum absolute atomic E-state index is 13.8. The van der Waals surface area contributed by atoms with Crippen LogP contribution in [0.3, 0.4) is 0 Å². The van der Waals surface area contributed by atoms with E-state index in [0.29, 0.717) is 23.0 Å². The maximum atomic E-state index is 13.8. The lowest BCUT2D eigenvalue weighted by atomic mass is 9.43. The zero-order chi connectivity index (χ0) is 26.4. The first-order valence-electron chi connectivity index (χ1n) is 12.0. The third kappa shape index (κ3) is 4.33. The van der Waals surface area contributed by atoms with E-state index in [9.17, 15) is 24.0 Å². The minimum absolute atomic E-state index is 0.0230. The fraction of sp³-hybridized carbons (Fsp3) is 0.577. The Labute approximate surface area is 217 Å². The molecule has 3 aliphatic rings. The summed E-state index contributed by atoms with van der Waals surface area (Å²) in [4.78, 5) is 64.9. The van der Waals surface area contributed by atoms with Crippen LogP contribution in [0.15, 0.2) is 28.7 Å². The number of carbonyl (C=O) groups excluding carboxylic acids is 5. The van der Waals surface area contributed by atoms with E-state index in [1.807, 2.05) is 6.92 Å². The molecule has 1 N–H and O–H groups in total. The fourth-order valence-electron chi connectivity index (χ4n) is 6.74. The molecule has 2 saturated carbocycles. The van der Waals surface area contributed by atoms with Gasteiger partial charge in [-0.15, -0.1) is 0 Å². The average Bonchev–Trinajstić information content (AvgIpc) is 2.80. The Balaban J connectivity index is 1.71. The van der Waals surface area contributed by atoms with Gasteiger partial charge in [-0.05, 0) is 51.7 Å². The molecule has 4 rings (SSSR count). The van der Waals surface area contributed by atoms with Gasteiger partial charge in [0.25, 0.3) is 5.91 Å². The van der Waals surface area contributed by atoms with Crippen molar-refractivity contribution in [1.82, 2.24) is 0 Å². The molecule has 0 bridgehead atoms. The van der Waals surface area contributed by atoms with Crippen molar-refractivity contribution in [2.24, 2.45) is 28.6 Å². The number of ketones is 1. The van der Waals surface area contributed by atoms with Crippen LogP contribution in [-0.2, 0) is 38.2 Å². The quantitative estimate of drug-likeness (QED) is 0.436. The minimum atomic E-state index is -1.13. The van der Waals surface area contributed by atoms with Crippen LogP contribution in [-0.4, -0.2) is 48.9 Å². The zero-order valence-corrected chi connectivity index (χ0v) is 22.3. The third-order valence-corrected chi connectivity index (χ3v) is 9.01. The highest BCUT2D eigenvalue weighted by molar-refractivity contribution is 9.10. The lowest BCUT2D eigenvalue weighted by molar-refractivity contribution is -0.209. The Hall–Kier alpha value is -2.75. The molecule has 194 valence electrons. The number of nitrogens with one attached hydrogen (secondary N) is 1. The molecule has 10 heteroatoms. The molecular formula is C26H30BrNO8. The molecular weight excluding hydrogens is 534 g/mol. The van der Waals surface area contributed by atoms with Crippen molar-refractivity contribution in [3.8, 4) is 0 Å². The zero-order valence-electron chi connectivity index (χ0n) is 20.7. The second-order valence-corrected chi connectivity index (χ2v) is 11.3. The molecule has 36 heavy (non-hydrogen) atoms. The van der Waals surface area contributed by atoms with Gasteiger partial charge in [-0.1, -0.05) is 26.0 Å². The highest BCUT2D eigenvalue weighted by atomic mass is 79.9. The van der Waals surface area contributed by atoms with Crippen molar-refractivity contribution in [2.45, 2.75) is 58.7 Å². The van der Waals surface area contributed by atoms with E-state index in [4.69, 9.17) is 14.2 Å². The molecule has 9 nitrogen and oxygen atoms in total. The van der Waals surface area contributed by atoms with E-state index in [1.54, 1.807) is 31.2 Å². The van der Waals surface area contributed by atoms with Crippen LogP contribution in [0.5, 0.6) is 0 Å². The summed E-state index contributed by atoms with van der Waals surface area (Å²) in [5, 5.41) is 2.79. The van der Waals surface area contributed by atoms with E-state index < -0.39 is 64.6 Å². The van der Waals surface area contributed by atoms with E-state index >= 15 is 0 Å². The Morgan fingerprint density at radius 3 is 2.47 bits per heavy atom. The second-order valence-electron chi connectivity index (χ2n) is 10.4. The predicted octanol–water partition coefficient (Wildman–Crippen LogP) is 3.44. The number of halogens is 1. The second kappa shape index (κ2) is 9.61. The molecule has 1 saturated heterocycles. The van der Waals surface area contributed by atoms with Crippen molar-refractivity contribution < 1.29 is 38.2 Å². The van der Waals surface area contributed by atoms with Crippen molar-refractivity contribution >= 4 is 51.2 Å². The number of amides is 1. The number of carbonyl (C=O) groups is 5. The molecule has 3 fully saturated rings. The van der Waals surface area contributed by atoms with Gasteiger partial charge in [-0.25, -0.2) is 0 Å². The van der Waals surface area contributed by atoms with Crippen LogP contribution >= 0.6 is 15.9 Å². The molecule has 1 aromatic carbocycles. The van der Waals surface area contributed by atoms with Gasteiger partial charge in [-0.2, -0.15) is 0 Å². The van der Waals surface area contributed by atoms with Gasteiger partial charge in [0.2, 0.25) is 0 Å². The van der Waals surface area contributed by atoms with Gasteiger partial charge in [0.05, 0.1) is 24.6 Å². The van der Waals surface area contributed by atoms with Crippen LogP contribution in [0.2, 0.25) is 0 Å². The Morgan fingerprint density at radius 2 is 1.83 bits per heavy atom. The molecule has 1 amide bonds. The summed E-state index contributed by atoms with van der Waals surface area (Å²) in [6, 6.07) is 7.06. The number of fused-ring (bicyclic) bond motifs is 3. The van der Waals surface area contributed by atoms with E-state index in [1.165, 1.54) is 14.0 Å². The lowest BCUT2D eigenvalue weighted by Gasteiger charge is -2.60. The Morgan fingerprint density at radius 1 is 1.14 bits per heavy atom. The van der Waals surface area contributed by atoms with Gasteiger partial charge in [0.15, 0.2) is 18.0 Å². The summed E-state index contributed by atoms with van der Waals surface area (Å²) in [6.07, 6.45) is -1.34. The van der Waals surface area contributed by atoms with Crippen LogP contribution in [0, 0.1) is 28.6 Å². The summed E-state index contributed by atoms with van der Waals surface area (Å²) in [7, 11) is 1.28. The first-order chi connectivity index (χ1) is 16.9. The van der Waals surface area contributed by atoms with Crippen LogP contribution in [0.1, 0.15) is 46.5 Å². The van der Waals surface area contributed by atoms with Gasteiger partial charge >= 0.3 is 17.9 Å². The first kappa shape index (κ1) is 26.3. The molecule has 1 aliphatic heterocycles. The maximum Gasteiger partial charge on any atom is 0.310 e. The van der Waals surface area contributed by atoms with Crippen molar-refractivity contribution in [2.75, 3.05) is 12.4 Å². The number of hydrogen-bond donors (Lipinski definition) is 1. The van der Waals surface area contributed by atoms with Crippen molar-refractivity contribution in [1.29, 1.82) is 0 Å². The lowest BCUT2D eigenvalue weighted by Crippen LogP contribution is -2.66. The van der Waals surface area contributed by atoms with E-state index in [-0.39, 0.29) is 18.6 Å². The van der Waals surface area contributed by atoms with Crippen LogP contribution < -0.4 is 5.32 Å². The van der Waals surface area contributed by atoms with Gasteiger partial charge in [-0.3, -0.25) is 24.0 Å². The SMILES string of the molecule is COC(=O)[C@@H]1C[C@H](OC(C)=O)C(=O)[C@H]2[C@@]1(C)CC[C@H]1C(=O)O[C@H](C(=O)Nc3ccccc3Br)C[C@]21C.